The number of likely N-dealkylation sites (N-methyl/N-ethyl adjacent to an activating group) is 1. The van der Waals surface area contributed by atoms with Crippen LogP contribution in [0.1, 0.15) is 20.8 Å². The maximum Gasteiger partial charge on any atom is 0.246 e. The first-order chi connectivity index (χ1) is 9.96. The summed E-state index contributed by atoms with van der Waals surface area (Å²) in [6, 6.07) is 6.10. The number of carbonyl (C=O) groups is 1. The zero-order valence-electron chi connectivity index (χ0n) is 13.0. The topological polar surface area (TPSA) is 35.6 Å². The second-order valence-corrected chi connectivity index (χ2v) is 5.82. The van der Waals surface area contributed by atoms with E-state index in [0.29, 0.717) is 6.54 Å². The Balaban J connectivity index is 2.20. The molecule has 0 radical (unpaired) electrons. The Labute approximate surface area is 125 Å². The van der Waals surface area contributed by atoms with Crippen molar-refractivity contribution < 1.29 is 9.18 Å². The standard InChI is InChI=1S/C16H24FN3O/c1-4-20(14-7-5-13(17)6-8-14)15(21)16(2,3)19-11-9-18-10-12-19/h5-8,18H,4,9-12H2,1-3H3. The van der Waals surface area contributed by atoms with E-state index >= 15 is 0 Å². The van der Waals surface area contributed by atoms with E-state index in [4.69, 9.17) is 0 Å². The van der Waals surface area contributed by atoms with Crippen LogP contribution in [-0.2, 0) is 4.79 Å². The van der Waals surface area contributed by atoms with Gasteiger partial charge in [-0.1, -0.05) is 0 Å². The molecule has 1 aliphatic rings. The molecule has 1 amide bonds. The van der Waals surface area contributed by atoms with Gasteiger partial charge in [-0.05, 0) is 45.0 Å². The van der Waals surface area contributed by atoms with Crippen LogP contribution in [0.4, 0.5) is 10.1 Å². The number of rotatable bonds is 4. The summed E-state index contributed by atoms with van der Waals surface area (Å²) in [5, 5.41) is 3.30. The molecule has 0 saturated carbocycles. The molecule has 0 unspecified atom stereocenters. The summed E-state index contributed by atoms with van der Waals surface area (Å²) in [7, 11) is 0. The Kier molecular flexibility index (Phi) is 4.96. The normalized spacial score (nSPS) is 16.8. The summed E-state index contributed by atoms with van der Waals surface area (Å²) in [6.45, 7) is 9.97. The Morgan fingerprint density at radius 1 is 1.29 bits per heavy atom. The van der Waals surface area contributed by atoms with Crippen LogP contribution in [0.5, 0.6) is 0 Å². The number of amides is 1. The van der Waals surface area contributed by atoms with Gasteiger partial charge >= 0.3 is 0 Å². The molecule has 0 spiro atoms. The molecule has 21 heavy (non-hydrogen) atoms. The van der Waals surface area contributed by atoms with Crippen LogP contribution in [0.2, 0.25) is 0 Å². The number of hydrogen-bond donors (Lipinski definition) is 1. The average molecular weight is 293 g/mol. The van der Waals surface area contributed by atoms with Crippen molar-refractivity contribution >= 4 is 11.6 Å². The largest absolute Gasteiger partial charge is 0.314 e. The summed E-state index contributed by atoms with van der Waals surface area (Å²) in [4.78, 5) is 16.9. The van der Waals surface area contributed by atoms with Crippen molar-refractivity contribution in [2.24, 2.45) is 0 Å². The van der Waals surface area contributed by atoms with Gasteiger partial charge in [0, 0.05) is 38.4 Å². The van der Waals surface area contributed by atoms with E-state index < -0.39 is 5.54 Å². The molecule has 1 aromatic carbocycles. The zero-order valence-corrected chi connectivity index (χ0v) is 13.0. The van der Waals surface area contributed by atoms with E-state index in [1.807, 2.05) is 20.8 Å². The molecule has 0 aromatic heterocycles. The first-order valence-corrected chi connectivity index (χ1v) is 7.50. The number of anilines is 1. The molecule has 0 aliphatic carbocycles. The second-order valence-electron chi connectivity index (χ2n) is 5.82. The minimum atomic E-state index is -0.563. The molecule has 1 saturated heterocycles. The van der Waals surface area contributed by atoms with E-state index in [1.54, 1.807) is 17.0 Å². The molecule has 1 aromatic rings. The monoisotopic (exact) mass is 293 g/mol. The van der Waals surface area contributed by atoms with Crippen LogP contribution >= 0.6 is 0 Å². The number of nitrogens with zero attached hydrogens (tertiary/aromatic N) is 2. The van der Waals surface area contributed by atoms with E-state index in [2.05, 4.69) is 10.2 Å². The lowest BCUT2D eigenvalue weighted by Gasteiger charge is -2.42. The van der Waals surface area contributed by atoms with Gasteiger partial charge in [0.15, 0.2) is 0 Å². The summed E-state index contributed by atoms with van der Waals surface area (Å²) in [6.07, 6.45) is 0. The van der Waals surface area contributed by atoms with Crippen LogP contribution < -0.4 is 10.2 Å². The Morgan fingerprint density at radius 3 is 2.38 bits per heavy atom. The van der Waals surface area contributed by atoms with Crippen molar-refractivity contribution in [3.63, 3.8) is 0 Å². The van der Waals surface area contributed by atoms with Crippen molar-refractivity contribution in [1.82, 2.24) is 10.2 Å². The van der Waals surface area contributed by atoms with Gasteiger partial charge in [-0.25, -0.2) is 4.39 Å². The first kappa shape index (κ1) is 15.9. The van der Waals surface area contributed by atoms with Crippen molar-refractivity contribution in [1.29, 1.82) is 0 Å². The second kappa shape index (κ2) is 6.54. The maximum absolute atomic E-state index is 13.1. The number of carbonyl (C=O) groups excluding carboxylic acids is 1. The maximum atomic E-state index is 13.1. The van der Waals surface area contributed by atoms with Gasteiger partial charge in [-0.15, -0.1) is 0 Å². The quantitative estimate of drug-likeness (QED) is 0.920. The third-order valence-electron chi connectivity index (χ3n) is 4.13. The van der Waals surface area contributed by atoms with Gasteiger partial charge in [0.25, 0.3) is 0 Å². The van der Waals surface area contributed by atoms with E-state index in [-0.39, 0.29) is 11.7 Å². The number of piperazine rings is 1. The fourth-order valence-corrected chi connectivity index (χ4v) is 2.75. The van der Waals surface area contributed by atoms with Crippen LogP contribution in [0.15, 0.2) is 24.3 Å². The highest BCUT2D eigenvalue weighted by molar-refractivity contribution is 5.99. The third-order valence-corrected chi connectivity index (χ3v) is 4.13. The lowest BCUT2D eigenvalue weighted by atomic mass is 9.99. The van der Waals surface area contributed by atoms with Crippen molar-refractivity contribution in [2.45, 2.75) is 26.3 Å². The fraction of sp³-hybridized carbons (Fsp3) is 0.562. The van der Waals surface area contributed by atoms with Gasteiger partial charge in [0.1, 0.15) is 5.82 Å². The molecule has 1 fully saturated rings. The molecule has 116 valence electrons. The summed E-state index contributed by atoms with van der Waals surface area (Å²) >= 11 is 0. The predicted octanol–water partition coefficient (Wildman–Crippen LogP) is 1.86. The van der Waals surface area contributed by atoms with Crippen molar-refractivity contribution in [2.75, 3.05) is 37.6 Å². The number of halogens is 1. The molecule has 2 rings (SSSR count). The average Bonchev–Trinajstić information content (AvgIpc) is 2.50. The SMILES string of the molecule is CCN(C(=O)C(C)(C)N1CCNCC1)c1ccc(F)cc1. The van der Waals surface area contributed by atoms with Crippen LogP contribution in [-0.4, -0.2) is 49.1 Å². The Morgan fingerprint density at radius 2 is 1.86 bits per heavy atom. The lowest BCUT2D eigenvalue weighted by molar-refractivity contribution is -0.129. The molecule has 1 N–H and O–H groups in total. The van der Waals surface area contributed by atoms with Gasteiger partial charge in [0.2, 0.25) is 5.91 Å². The summed E-state index contributed by atoms with van der Waals surface area (Å²) < 4.78 is 13.1. The molecule has 1 aliphatic heterocycles. The first-order valence-electron chi connectivity index (χ1n) is 7.50. The van der Waals surface area contributed by atoms with E-state index in [0.717, 1.165) is 31.9 Å². The van der Waals surface area contributed by atoms with Gasteiger partial charge < -0.3 is 10.2 Å². The number of benzene rings is 1. The molecule has 4 nitrogen and oxygen atoms in total. The van der Waals surface area contributed by atoms with Crippen LogP contribution in [0, 0.1) is 5.82 Å². The highest BCUT2D eigenvalue weighted by Crippen LogP contribution is 2.23. The molecule has 0 bridgehead atoms. The van der Waals surface area contributed by atoms with Gasteiger partial charge in [0.05, 0.1) is 5.54 Å². The third kappa shape index (κ3) is 3.41. The number of nitrogens with one attached hydrogen (secondary N) is 1. The zero-order chi connectivity index (χ0) is 15.5. The molecule has 5 heteroatoms. The van der Waals surface area contributed by atoms with Gasteiger partial charge in [-0.2, -0.15) is 0 Å². The predicted molar refractivity (Wildman–Crippen MR) is 82.9 cm³/mol. The van der Waals surface area contributed by atoms with E-state index in [1.165, 1.54) is 12.1 Å². The molecule has 1 heterocycles. The summed E-state index contributed by atoms with van der Waals surface area (Å²) in [5.41, 5.74) is 0.180. The lowest BCUT2D eigenvalue weighted by Crippen LogP contribution is -2.60. The minimum absolute atomic E-state index is 0.0542. The smallest absolute Gasteiger partial charge is 0.246 e. The Bertz CT molecular complexity index is 481. The highest BCUT2D eigenvalue weighted by Gasteiger charge is 2.38. The fourth-order valence-electron chi connectivity index (χ4n) is 2.75. The van der Waals surface area contributed by atoms with Crippen LogP contribution in [0.3, 0.4) is 0 Å². The van der Waals surface area contributed by atoms with Crippen LogP contribution in [0.25, 0.3) is 0 Å². The van der Waals surface area contributed by atoms with Crippen molar-refractivity contribution in [3.05, 3.63) is 30.1 Å². The molecule has 0 atom stereocenters. The molecular weight excluding hydrogens is 269 g/mol. The van der Waals surface area contributed by atoms with Crippen molar-refractivity contribution in [3.8, 4) is 0 Å². The highest BCUT2D eigenvalue weighted by atomic mass is 19.1. The summed E-state index contributed by atoms with van der Waals surface area (Å²) in [5.74, 6) is -0.234. The number of hydrogen-bond acceptors (Lipinski definition) is 3. The van der Waals surface area contributed by atoms with E-state index in [9.17, 15) is 9.18 Å². The molecular formula is C16H24FN3O. The van der Waals surface area contributed by atoms with Gasteiger partial charge in [-0.3, -0.25) is 9.69 Å². The Hall–Kier alpha value is -1.46. The minimum Gasteiger partial charge on any atom is -0.314 e.